The number of ketones is 2. The smallest absolute Gasteiger partial charge is 0.163 e. The third kappa shape index (κ3) is 18.1. The average Bonchev–Trinajstić information content (AvgIpc) is 3.14. The Bertz CT molecular complexity index is 1860. The number of thiocarbonyl (C=S) groups is 1. The molecule has 284 valence electrons. The molecule has 0 aliphatic heterocycles. The standard InChI is InChI=1S/C21H20O6.C14H12O3.C6H11NOS2/c1-26-20-11-14(5-9-18(20)24)3-7-16(22)13-17(23)8-4-15-6-10-19(25)21(12-15)27-2;15-12-5-3-10(4-6-12)1-2-11-7-13(16)9-14(17)8-11;1-10(8)5-3-2-4-7-6-9/h3-12,24-25H,13H2,1-2H3;1-9,15-17H;2-5H2,1H3/b7-3+,8-4+;2-1+;. The van der Waals surface area contributed by atoms with Gasteiger partial charge in [-0.1, -0.05) is 59.7 Å². The highest BCUT2D eigenvalue weighted by atomic mass is 32.2. The third-order valence-corrected chi connectivity index (χ3v) is 7.97. The lowest BCUT2D eigenvalue weighted by Gasteiger charge is -2.03. The number of aliphatic imine (C=N–C) groups is 1. The van der Waals surface area contributed by atoms with E-state index in [0.717, 1.165) is 30.7 Å². The largest absolute Gasteiger partial charge is 0.617 e. The summed E-state index contributed by atoms with van der Waals surface area (Å²) >= 11 is 3.72. The van der Waals surface area contributed by atoms with Gasteiger partial charge in [0.05, 0.1) is 32.1 Å². The Morgan fingerprint density at radius 1 is 0.685 bits per heavy atom. The molecule has 13 heteroatoms. The molecule has 0 fully saturated rings. The molecule has 11 nitrogen and oxygen atoms in total. The van der Waals surface area contributed by atoms with Crippen LogP contribution in [-0.2, 0) is 20.8 Å². The number of methoxy groups -OCH3 is 2. The van der Waals surface area contributed by atoms with Crippen LogP contribution in [0.2, 0.25) is 0 Å². The van der Waals surface area contributed by atoms with Crippen molar-refractivity contribution in [2.75, 3.05) is 32.8 Å². The maximum absolute atomic E-state index is 11.9. The lowest BCUT2D eigenvalue weighted by molar-refractivity contribution is -0.121. The number of hydrogen-bond acceptors (Lipinski definition) is 12. The number of phenolic OH excluding ortho intramolecular Hbond substituents is 5. The Balaban J connectivity index is 0.000000317. The first-order chi connectivity index (χ1) is 25.8. The van der Waals surface area contributed by atoms with E-state index in [1.165, 1.54) is 44.6 Å². The van der Waals surface area contributed by atoms with Crippen molar-refractivity contribution in [3.63, 3.8) is 0 Å². The lowest BCUT2D eigenvalue weighted by atomic mass is 10.1. The number of rotatable bonds is 15. The van der Waals surface area contributed by atoms with Crippen LogP contribution in [0.25, 0.3) is 24.3 Å². The van der Waals surface area contributed by atoms with Crippen LogP contribution < -0.4 is 9.47 Å². The van der Waals surface area contributed by atoms with Crippen molar-refractivity contribution in [2.45, 2.75) is 19.3 Å². The number of allylic oxidation sites excluding steroid dienone is 2. The molecule has 1 unspecified atom stereocenters. The molecule has 4 aromatic carbocycles. The van der Waals surface area contributed by atoms with Crippen LogP contribution in [0.3, 0.4) is 0 Å². The summed E-state index contributed by atoms with van der Waals surface area (Å²) in [6.45, 7) is 0.723. The number of benzene rings is 4. The summed E-state index contributed by atoms with van der Waals surface area (Å²) in [6, 6.07) is 20.5. The van der Waals surface area contributed by atoms with E-state index >= 15 is 0 Å². The van der Waals surface area contributed by atoms with Crippen LogP contribution in [0.15, 0.2) is 96.0 Å². The Hall–Kier alpha value is -5.85. The van der Waals surface area contributed by atoms with E-state index in [1.54, 1.807) is 85.1 Å². The number of unbranched alkanes of at least 4 members (excludes halogenated alkanes) is 1. The number of isothiocyanates is 1. The van der Waals surface area contributed by atoms with Gasteiger partial charge in [-0.2, -0.15) is 0 Å². The van der Waals surface area contributed by atoms with Crippen LogP contribution in [-0.4, -0.2) is 79.6 Å². The van der Waals surface area contributed by atoms with Crippen molar-refractivity contribution >= 4 is 64.4 Å². The first-order valence-corrected chi connectivity index (χ1v) is 18.5. The van der Waals surface area contributed by atoms with Crippen molar-refractivity contribution in [3.05, 3.63) is 113 Å². The molecule has 0 radical (unpaired) electrons. The minimum Gasteiger partial charge on any atom is -0.617 e. The zero-order valence-corrected chi connectivity index (χ0v) is 31.7. The molecule has 0 spiro atoms. The monoisotopic (exact) mass is 773 g/mol. The summed E-state index contributed by atoms with van der Waals surface area (Å²) in [5.74, 6) is 0.954. The van der Waals surface area contributed by atoms with Gasteiger partial charge in [-0.25, -0.2) is 4.99 Å². The zero-order chi connectivity index (χ0) is 39.9. The van der Waals surface area contributed by atoms with Gasteiger partial charge < -0.3 is 39.6 Å². The van der Waals surface area contributed by atoms with Crippen molar-refractivity contribution in [1.29, 1.82) is 0 Å². The van der Waals surface area contributed by atoms with Gasteiger partial charge >= 0.3 is 0 Å². The molecule has 1 atom stereocenters. The zero-order valence-electron chi connectivity index (χ0n) is 30.0. The summed E-state index contributed by atoms with van der Waals surface area (Å²) in [7, 11) is 2.87. The first kappa shape index (κ1) is 44.3. The van der Waals surface area contributed by atoms with Crippen molar-refractivity contribution < 1.29 is 49.1 Å². The van der Waals surface area contributed by atoms with Crippen LogP contribution in [0.5, 0.6) is 40.2 Å². The molecular weight excluding hydrogens is 731 g/mol. The molecule has 0 amide bonds. The van der Waals surface area contributed by atoms with Crippen LogP contribution in [0.4, 0.5) is 0 Å². The van der Waals surface area contributed by atoms with Crippen molar-refractivity contribution in [3.8, 4) is 40.2 Å². The Morgan fingerprint density at radius 3 is 1.63 bits per heavy atom. The molecule has 4 aromatic rings. The fraction of sp³-hybridized carbons (Fsp3) is 0.195. The molecule has 0 aliphatic rings. The summed E-state index contributed by atoms with van der Waals surface area (Å²) < 4.78 is 20.5. The highest BCUT2D eigenvalue weighted by Crippen LogP contribution is 2.28. The predicted molar refractivity (Wildman–Crippen MR) is 217 cm³/mol. The van der Waals surface area contributed by atoms with E-state index in [2.05, 4.69) is 22.4 Å². The predicted octanol–water partition coefficient (Wildman–Crippen LogP) is 7.59. The first-order valence-electron chi connectivity index (χ1n) is 16.3. The molecule has 54 heavy (non-hydrogen) atoms. The topological polar surface area (TPSA) is 189 Å². The second-order valence-electron chi connectivity index (χ2n) is 11.3. The number of aromatic hydroxyl groups is 5. The maximum Gasteiger partial charge on any atom is 0.163 e. The van der Waals surface area contributed by atoms with Gasteiger partial charge in [0.2, 0.25) is 0 Å². The van der Waals surface area contributed by atoms with Crippen LogP contribution in [0.1, 0.15) is 41.5 Å². The van der Waals surface area contributed by atoms with E-state index in [1.807, 2.05) is 6.08 Å². The molecule has 0 bridgehead atoms. The Morgan fingerprint density at radius 2 is 1.17 bits per heavy atom. The normalized spacial score (nSPS) is 11.2. The van der Waals surface area contributed by atoms with Gasteiger partial charge in [0.1, 0.15) is 23.0 Å². The minimum atomic E-state index is -0.659. The highest BCUT2D eigenvalue weighted by Gasteiger charge is 2.06. The van der Waals surface area contributed by atoms with Crippen molar-refractivity contribution in [1.82, 2.24) is 0 Å². The third-order valence-electron chi connectivity index (χ3n) is 6.98. The number of phenols is 5. The Kier molecular flexibility index (Phi) is 20.0. The Labute approximate surface area is 323 Å². The molecule has 0 aliphatic carbocycles. The summed E-state index contributed by atoms with van der Waals surface area (Å²) in [4.78, 5) is 27.6. The number of nitrogens with zero attached hydrogens (tertiary/aromatic N) is 1. The summed E-state index contributed by atoms with van der Waals surface area (Å²) in [5, 5.41) is 49.1. The van der Waals surface area contributed by atoms with Gasteiger partial charge in [-0.05, 0) is 108 Å². The van der Waals surface area contributed by atoms with E-state index in [9.17, 15) is 34.6 Å². The SMILES string of the molecule is COc1cc(/C=C/C(=O)CC(=O)/C=C/c2ccc(O)c(OC)c2)ccc1O.C[S+]([O-])CCCCN=C=S.Oc1ccc(/C=C/c2cc(O)cc(O)c2)cc1. The molecule has 0 saturated carbocycles. The van der Waals surface area contributed by atoms with Gasteiger partial charge in [0.15, 0.2) is 34.6 Å². The van der Waals surface area contributed by atoms with E-state index < -0.39 is 11.2 Å². The summed E-state index contributed by atoms with van der Waals surface area (Å²) in [5.41, 5.74) is 2.95. The van der Waals surface area contributed by atoms with Crippen LogP contribution in [0, 0.1) is 0 Å². The van der Waals surface area contributed by atoms with Crippen molar-refractivity contribution in [2.24, 2.45) is 4.99 Å². The number of carbonyl (C=O) groups excluding carboxylic acids is 2. The molecule has 0 aromatic heterocycles. The highest BCUT2D eigenvalue weighted by molar-refractivity contribution is 7.90. The molecular formula is C41H43NO10S2. The molecule has 5 N–H and O–H groups in total. The molecule has 0 heterocycles. The maximum atomic E-state index is 11.9. The second kappa shape index (κ2) is 24.4. The van der Waals surface area contributed by atoms with E-state index in [4.69, 9.17) is 14.6 Å². The van der Waals surface area contributed by atoms with Crippen LogP contribution >= 0.6 is 12.2 Å². The minimum absolute atomic E-state index is 0.00662. The fourth-order valence-corrected chi connectivity index (χ4v) is 5.00. The average molecular weight is 774 g/mol. The fourth-order valence-electron chi connectivity index (χ4n) is 4.30. The van der Waals surface area contributed by atoms with Gasteiger partial charge in [-0.3, -0.25) is 9.59 Å². The number of carbonyl (C=O) groups is 2. The lowest BCUT2D eigenvalue weighted by Crippen LogP contribution is -2.02. The van der Waals surface area contributed by atoms with Gasteiger partial charge in [-0.15, -0.1) is 0 Å². The van der Waals surface area contributed by atoms with E-state index in [0.29, 0.717) is 28.2 Å². The van der Waals surface area contributed by atoms with Gasteiger partial charge in [0, 0.05) is 12.6 Å². The van der Waals surface area contributed by atoms with Gasteiger partial charge in [0.25, 0.3) is 0 Å². The molecule has 4 rings (SSSR count). The quantitative estimate of drug-likeness (QED) is 0.0152. The van der Waals surface area contributed by atoms with E-state index in [-0.39, 0.29) is 46.7 Å². The second-order valence-corrected chi connectivity index (χ2v) is 13.0. The number of hydrogen-bond donors (Lipinski definition) is 5. The summed E-state index contributed by atoms with van der Waals surface area (Å²) in [6.07, 6.45) is 12.7. The molecule has 0 saturated heterocycles. The number of ether oxygens (including phenoxy) is 2.